The number of hydrogen-bond donors (Lipinski definition) is 2. The van der Waals surface area contributed by atoms with E-state index in [1.807, 2.05) is 24.3 Å². The molecule has 1 aromatic carbocycles. The van der Waals surface area contributed by atoms with Gasteiger partial charge in [-0.3, -0.25) is 0 Å². The first-order valence-corrected chi connectivity index (χ1v) is 5.17. The van der Waals surface area contributed by atoms with Crippen LogP contribution in [0.4, 0.5) is 0 Å². The molecule has 5 heteroatoms. The van der Waals surface area contributed by atoms with Gasteiger partial charge in [0.2, 0.25) is 0 Å². The minimum Gasteiger partial charge on any atom is -0.479 e. The summed E-state index contributed by atoms with van der Waals surface area (Å²) in [5.74, 6) is -1.01. The molecule has 3 nitrogen and oxygen atoms in total. The van der Waals surface area contributed by atoms with E-state index in [0.29, 0.717) is 0 Å². The Morgan fingerprint density at radius 2 is 2.00 bits per heavy atom. The predicted octanol–water partition coefficient (Wildman–Crippen LogP) is 1.91. The van der Waals surface area contributed by atoms with Crippen LogP contribution in [0.2, 0.25) is 0 Å². The minimum absolute atomic E-state index is 0.845. The molecule has 0 amide bonds. The third kappa shape index (κ3) is 3.38. The van der Waals surface area contributed by atoms with Gasteiger partial charge in [-0.2, -0.15) is 0 Å². The monoisotopic (exact) mass is 261 g/mol. The van der Waals surface area contributed by atoms with Gasteiger partial charge in [0.15, 0.2) is 5.37 Å². The summed E-state index contributed by atoms with van der Waals surface area (Å²) in [5.41, 5.74) is 5.34. The zero-order chi connectivity index (χ0) is 9.84. The fraction of sp³-hybridized carbons (Fsp3) is 0.125. The zero-order valence-electron chi connectivity index (χ0n) is 6.61. The van der Waals surface area contributed by atoms with E-state index < -0.39 is 11.3 Å². The molecule has 1 aromatic rings. The normalized spacial score (nSPS) is 12.5. The van der Waals surface area contributed by atoms with Gasteiger partial charge in [0, 0.05) is 9.37 Å². The van der Waals surface area contributed by atoms with E-state index in [4.69, 9.17) is 10.8 Å². The number of rotatable bonds is 3. The van der Waals surface area contributed by atoms with Crippen molar-refractivity contribution >= 4 is 33.7 Å². The maximum Gasteiger partial charge on any atom is 0.331 e. The summed E-state index contributed by atoms with van der Waals surface area (Å²) in [6.45, 7) is 0. The van der Waals surface area contributed by atoms with Crippen molar-refractivity contribution in [1.29, 1.82) is 0 Å². The van der Waals surface area contributed by atoms with Crippen LogP contribution in [0.1, 0.15) is 0 Å². The molecular weight excluding hydrogens is 254 g/mol. The topological polar surface area (TPSA) is 63.3 Å². The van der Waals surface area contributed by atoms with E-state index in [1.165, 1.54) is 0 Å². The average Bonchev–Trinajstić information content (AvgIpc) is 2.08. The lowest BCUT2D eigenvalue weighted by molar-refractivity contribution is -0.136. The molecule has 0 bridgehead atoms. The van der Waals surface area contributed by atoms with E-state index >= 15 is 0 Å². The summed E-state index contributed by atoms with van der Waals surface area (Å²) in [6.07, 6.45) is 0. The van der Waals surface area contributed by atoms with Crippen LogP contribution in [0.3, 0.4) is 0 Å². The molecule has 0 fully saturated rings. The number of hydrogen-bond acceptors (Lipinski definition) is 3. The Balaban J connectivity index is 2.64. The van der Waals surface area contributed by atoms with Crippen molar-refractivity contribution in [2.24, 2.45) is 5.73 Å². The summed E-state index contributed by atoms with van der Waals surface area (Å²) in [4.78, 5) is 11.3. The molecule has 3 N–H and O–H groups in total. The molecule has 0 aliphatic rings. The fourth-order valence-electron chi connectivity index (χ4n) is 0.710. The van der Waals surface area contributed by atoms with E-state index in [2.05, 4.69) is 15.9 Å². The van der Waals surface area contributed by atoms with E-state index in [9.17, 15) is 4.79 Å². The SMILES string of the molecule is NC(Sc1ccc(Br)cc1)C(=O)O. The Kier molecular flexibility index (Phi) is 3.77. The first-order chi connectivity index (χ1) is 6.09. The van der Waals surface area contributed by atoms with Gasteiger partial charge >= 0.3 is 5.97 Å². The Morgan fingerprint density at radius 1 is 1.46 bits per heavy atom. The Morgan fingerprint density at radius 3 is 2.46 bits per heavy atom. The van der Waals surface area contributed by atoms with E-state index in [0.717, 1.165) is 21.1 Å². The Labute approximate surface area is 88.4 Å². The van der Waals surface area contributed by atoms with Gasteiger partial charge in [0.1, 0.15) is 0 Å². The second-order valence-corrected chi connectivity index (χ2v) is 4.46. The lowest BCUT2D eigenvalue weighted by Crippen LogP contribution is -2.25. The maximum absolute atomic E-state index is 10.4. The third-order valence-electron chi connectivity index (χ3n) is 1.32. The highest BCUT2D eigenvalue weighted by atomic mass is 79.9. The van der Waals surface area contributed by atoms with Gasteiger partial charge < -0.3 is 10.8 Å². The van der Waals surface area contributed by atoms with Gasteiger partial charge in [-0.1, -0.05) is 27.7 Å². The number of carbonyl (C=O) groups is 1. The van der Waals surface area contributed by atoms with Crippen LogP contribution in [0.15, 0.2) is 33.6 Å². The van der Waals surface area contributed by atoms with Gasteiger partial charge in [0.05, 0.1) is 0 Å². The molecule has 0 radical (unpaired) electrons. The molecule has 0 aromatic heterocycles. The highest BCUT2D eigenvalue weighted by Gasteiger charge is 2.12. The molecule has 0 aliphatic carbocycles. The zero-order valence-corrected chi connectivity index (χ0v) is 9.01. The summed E-state index contributed by atoms with van der Waals surface area (Å²) in [5, 5.41) is 7.64. The van der Waals surface area contributed by atoms with Crippen molar-refractivity contribution in [2.45, 2.75) is 10.3 Å². The van der Waals surface area contributed by atoms with E-state index in [-0.39, 0.29) is 0 Å². The maximum atomic E-state index is 10.4. The van der Waals surface area contributed by atoms with Gasteiger partial charge in [0.25, 0.3) is 0 Å². The second-order valence-electron chi connectivity index (χ2n) is 2.33. The first kappa shape index (κ1) is 10.6. The molecule has 1 atom stereocenters. The number of nitrogens with two attached hydrogens (primary N) is 1. The van der Waals surface area contributed by atoms with Crippen molar-refractivity contribution in [1.82, 2.24) is 0 Å². The molecule has 1 unspecified atom stereocenters. The standard InChI is InChI=1S/C8H8BrNO2S/c9-5-1-3-6(4-2-5)13-7(10)8(11)12/h1-4,7H,10H2,(H,11,12). The van der Waals surface area contributed by atoms with Crippen molar-refractivity contribution in [3.05, 3.63) is 28.7 Å². The lowest BCUT2D eigenvalue weighted by Gasteiger charge is -2.05. The van der Waals surface area contributed by atoms with Crippen molar-refractivity contribution in [3.8, 4) is 0 Å². The number of halogens is 1. The largest absolute Gasteiger partial charge is 0.479 e. The lowest BCUT2D eigenvalue weighted by atomic mass is 10.4. The summed E-state index contributed by atoms with van der Waals surface area (Å²) < 4.78 is 0.959. The van der Waals surface area contributed by atoms with Gasteiger partial charge in [-0.05, 0) is 24.3 Å². The molecule has 0 saturated heterocycles. The van der Waals surface area contributed by atoms with Crippen LogP contribution in [0.25, 0.3) is 0 Å². The summed E-state index contributed by atoms with van der Waals surface area (Å²) in [6, 6.07) is 7.32. The molecule has 0 aliphatic heterocycles. The molecule has 70 valence electrons. The van der Waals surface area contributed by atoms with Crippen molar-refractivity contribution in [2.75, 3.05) is 0 Å². The van der Waals surface area contributed by atoms with Crippen LogP contribution in [-0.2, 0) is 4.79 Å². The highest BCUT2D eigenvalue weighted by molar-refractivity contribution is 9.10. The molecule has 1 rings (SSSR count). The quantitative estimate of drug-likeness (QED) is 0.645. The predicted molar refractivity (Wildman–Crippen MR) is 55.6 cm³/mol. The smallest absolute Gasteiger partial charge is 0.331 e. The van der Waals surface area contributed by atoms with Crippen LogP contribution in [0, 0.1) is 0 Å². The van der Waals surface area contributed by atoms with Crippen molar-refractivity contribution < 1.29 is 9.90 Å². The molecule has 0 heterocycles. The molecule has 13 heavy (non-hydrogen) atoms. The number of carboxylic acids is 1. The van der Waals surface area contributed by atoms with Crippen LogP contribution < -0.4 is 5.73 Å². The van der Waals surface area contributed by atoms with Gasteiger partial charge in [-0.25, -0.2) is 4.79 Å². The Hall–Kier alpha value is -0.520. The second kappa shape index (κ2) is 4.64. The summed E-state index contributed by atoms with van der Waals surface area (Å²) >= 11 is 4.40. The summed E-state index contributed by atoms with van der Waals surface area (Å²) in [7, 11) is 0. The molecule has 0 spiro atoms. The fourth-order valence-corrected chi connectivity index (χ4v) is 1.66. The van der Waals surface area contributed by atoms with Crippen LogP contribution >= 0.6 is 27.7 Å². The Bertz CT molecular complexity index is 302. The number of aliphatic carboxylic acids is 1. The third-order valence-corrected chi connectivity index (χ3v) is 2.85. The first-order valence-electron chi connectivity index (χ1n) is 3.50. The van der Waals surface area contributed by atoms with Crippen LogP contribution in [0.5, 0.6) is 0 Å². The molecular formula is C8H8BrNO2S. The number of carboxylic acid groups (broad SMARTS) is 1. The number of benzene rings is 1. The van der Waals surface area contributed by atoms with Gasteiger partial charge in [-0.15, -0.1) is 0 Å². The van der Waals surface area contributed by atoms with E-state index in [1.54, 1.807) is 0 Å². The van der Waals surface area contributed by atoms with Crippen LogP contribution in [-0.4, -0.2) is 16.4 Å². The molecule has 0 saturated carbocycles. The minimum atomic E-state index is -1.01. The highest BCUT2D eigenvalue weighted by Crippen LogP contribution is 2.22. The number of thioether (sulfide) groups is 1. The van der Waals surface area contributed by atoms with Crippen molar-refractivity contribution in [3.63, 3.8) is 0 Å². The average molecular weight is 262 g/mol.